The third-order valence-corrected chi connectivity index (χ3v) is 3.52. The maximum absolute atomic E-state index is 10.3. The summed E-state index contributed by atoms with van der Waals surface area (Å²) in [6.45, 7) is 2.17. The molecule has 0 aromatic carbocycles. The Kier molecular flexibility index (Phi) is 14.0. The number of unbranched alkanes of at least 4 members (excludes halogenated alkanes) is 5. The number of carboxylic acid groups (broad SMARTS) is 1. The van der Waals surface area contributed by atoms with Crippen molar-refractivity contribution in [3.8, 4) is 0 Å². The Morgan fingerprint density at radius 1 is 0.864 bits per heavy atom. The molecule has 0 spiro atoms. The zero-order valence-electron chi connectivity index (χ0n) is 13.8. The van der Waals surface area contributed by atoms with Crippen LogP contribution in [0.4, 0.5) is 0 Å². The van der Waals surface area contributed by atoms with Crippen LogP contribution in [-0.4, -0.2) is 33.5 Å². The number of hydrogen-bond donors (Lipinski definition) is 3. The maximum Gasteiger partial charge on any atom is 0.303 e. The Labute approximate surface area is 134 Å². The molecule has 2 unspecified atom stereocenters. The average molecular weight is 312 g/mol. The molecule has 0 aromatic heterocycles. The van der Waals surface area contributed by atoms with Crippen molar-refractivity contribution in [2.75, 3.05) is 0 Å². The van der Waals surface area contributed by atoms with Crippen LogP contribution in [0.5, 0.6) is 0 Å². The van der Waals surface area contributed by atoms with Gasteiger partial charge < -0.3 is 15.3 Å². The summed E-state index contributed by atoms with van der Waals surface area (Å²) < 4.78 is 0. The Morgan fingerprint density at radius 3 is 1.82 bits per heavy atom. The fourth-order valence-electron chi connectivity index (χ4n) is 2.07. The molecule has 2 atom stereocenters. The van der Waals surface area contributed by atoms with Crippen LogP contribution in [0.15, 0.2) is 24.3 Å². The molecule has 0 saturated heterocycles. The molecule has 0 aliphatic heterocycles. The molecule has 4 nitrogen and oxygen atoms in total. The van der Waals surface area contributed by atoms with E-state index in [1.54, 1.807) is 0 Å². The highest BCUT2D eigenvalue weighted by molar-refractivity contribution is 5.66. The monoisotopic (exact) mass is 312 g/mol. The summed E-state index contributed by atoms with van der Waals surface area (Å²) in [7, 11) is 0. The molecule has 0 heterocycles. The molecule has 0 aliphatic carbocycles. The lowest BCUT2D eigenvalue weighted by Crippen LogP contribution is -2.24. The average Bonchev–Trinajstić information content (AvgIpc) is 2.49. The van der Waals surface area contributed by atoms with E-state index in [-0.39, 0.29) is 6.42 Å². The van der Waals surface area contributed by atoms with Gasteiger partial charge >= 0.3 is 5.97 Å². The molecular formula is C18H32O4. The maximum atomic E-state index is 10.3. The van der Waals surface area contributed by atoms with Crippen molar-refractivity contribution >= 4 is 5.97 Å². The number of aliphatic carboxylic acids is 1. The highest BCUT2D eigenvalue weighted by atomic mass is 16.4. The molecule has 0 bridgehead atoms. The van der Waals surface area contributed by atoms with Gasteiger partial charge in [0.1, 0.15) is 0 Å². The third kappa shape index (κ3) is 13.8. The first-order valence-electron chi connectivity index (χ1n) is 8.45. The lowest BCUT2D eigenvalue weighted by Gasteiger charge is -2.14. The number of carboxylic acids is 1. The van der Waals surface area contributed by atoms with Gasteiger partial charge in [-0.25, -0.2) is 0 Å². The molecule has 3 N–H and O–H groups in total. The van der Waals surface area contributed by atoms with E-state index in [1.807, 2.05) is 18.2 Å². The summed E-state index contributed by atoms with van der Waals surface area (Å²) in [5.41, 5.74) is 0. The van der Waals surface area contributed by atoms with Crippen molar-refractivity contribution in [3.63, 3.8) is 0 Å². The molecule has 0 amide bonds. The summed E-state index contributed by atoms with van der Waals surface area (Å²) >= 11 is 0. The minimum absolute atomic E-state index is 0.208. The van der Waals surface area contributed by atoms with Crippen molar-refractivity contribution in [1.82, 2.24) is 0 Å². The van der Waals surface area contributed by atoms with E-state index in [9.17, 15) is 15.0 Å². The minimum atomic E-state index is -0.759. The summed E-state index contributed by atoms with van der Waals surface area (Å²) in [5, 5.41) is 28.1. The molecule has 0 saturated carbocycles. The van der Waals surface area contributed by atoms with Crippen molar-refractivity contribution in [3.05, 3.63) is 24.3 Å². The summed E-state index contributed by atoms with van der Waals surface area (Å²) in [4.78, 5) is 10.3. The first-order chi connectivity index (χ1) is 10.6. The van der Waals surface area contributed by atoms with Crippen molar-refractivity contribution in [2.45, 2.75) is 83.3 Å². The molecule has 22 heavy (non-hydrogen) atoms. The minimum Gasteiger partial charge on any atom is -0.481 e. The van der Waals surface area contributed by atoms with Crippen LogP contribution >= 0.6 is 0 Å². The molecule has 0 radical (unpaired) electrons. The van der Waals surface area contributed by atoms with Gasteiger partial charge in [0.15, 0.2) is 0 Å². The summed E-state index contributed by atoms with van der Waals surface area (Å²) in [6.07, 6.45) is 14.5. The van der Waals surface area contributed by atoms with Crippen LogP contribution < -0.4 is 0 Å². The van der Waals surface area contributed by atoms with Crippen LogP contribution in [-0.2, 0) is 4.79 Å². The van der Waals surface area contributed by atoms with E-state index >= 15 is 0 Å². The van der Waals surface area contributed by atoms with Gasteiger partial charge in [-0.15, -0.1) is 0 Å². The normalized spacial score (nSPS) is 14.7. The Morgan fingerprint density at radius 2 is 1.36 bits per heavy atom. The zero-order chi connectivity index (χ0) is 16.6. The molecule has 0 aliphatic rings. The van der Waals surface area contributed by atoms with Crippen molar-refractivity contribution in [2.24, 2.45) is 0 Å². The Bertz CT molecular complexity index is 323. The number of carbonyl (C=O) groups is 1. The van der Waals surface area contributed by atoms with Gasteiger partial charge in [-0.3, -0.25) is 4.79 Å². The van der Waals surface area contributed by atoms with Crippen molar-refractivity contribution in [1.29, 1.82) is 0 Å². The predicted molar refractivity (Wildman–Crippen MR) is 89.8 cm³/mol. The fourth-order valence-corrected chi connectivity index (χ4v) is 2.07. The SMILES string of the molecule is CCCCCC=CCC(O)C(O)CC=CCCCCC(=O)O. The summed E-state index contributed by atoms with van der Waals surface area (Å²) in [5.74, 6) is -0.759. The number of rotatable bonds is 14. The van der Waals surface area contributed by atoms with E-state index in [4.69, 9.17) is 5.11 Å². The van der Waals surface area contributed by atoms with Crippen LogP contribution in [0.1, 0.15) is 71.1 Å². The third-order valence-electron chi connectivity index (χ3n) is 3.52. The quantitative estimate of drug-likeness (QED) is 0.336. The smallest absolute Gasteiger partial charge is 0.303 e. The van der Waals surface area contributed by atoms with Crippen LogP contribution in [0.3, 0.4) is 0 Å². The Hall–Kier alpha value is -1.13. The van der Waals surface area contributed by atoms with E-state index in [2.05, 4.69) is 13.0 Å². The van der Waals surface area contributed by atoms with E-state index in [0.29, 0.717) is 19.3 Å². The molecule has 0 aromatic rings. The van der Waals surface area contributed by atoms with E-state index in [0.717, 1.165) is 19.3 Å². The molecule has 128 valence electrons. The van der Waals surface area contributed by atoms with Gasteiger partial charge in [0.25, 0.3) is 0 Å². The predicted octanol–water partition coefficient (Wildman–Crippen LogP) is 3.83. The second-order valence-corrected chi connectivity index (χ2v) is 5.68. The lowest BCUT2D eigenvalue weighted by molar-refractivity contribution is -0.137. The number of aliphatic hydroxyl groups is 2. The highest BCUT2D eigenvalue weighted by Gasteiger charge is 2.12. The lowest BCUT2D eigenvalue weighted by atomic mass is 10.1. The summed E-state index contributed by atoms with van der Waals surface area (Å²) in [6, 6.07) is 0. The van der Waals surface area contributed by atoms with Gasteiger partial charge in [-0.2, -0.15) is 0 Å². The fraction of sp³-hybridized carbons (Fsp3) is 0.722. The molecule has 0 fully saturated rings. The van der Waals surface area contributed by atoms with Gasteiger partial charge in [-0.1, -0.05) is 44.1 Å². The first kappa shape index (κ1) is 20.9. The number of hydrogen-bond acceptors (Lipinski definition) is 3. The van der Waals surface area contributed by atoms with Gasteiger partial charge in [0.2, 0.25) is 0 Å². The second kappa shape index (κ2) is 14.8. The number of aliphatic hydroxyl groups excluding tert-OH is 2. The van der Waals surface area contributed by atoms with Crippen LogP contribution in [0, 0.1) is 0 Å². The van der Waals surface area contributed by atoms with Crippen molar-refractivity contribution < 1.29 is 20.1 Å². The van der Waals surface area contributed by atoms with Crippen LogP contribution in [0.2, 0.25) is 0 Å². The topological polar surface area (TPSA) is 77.8 Å². The highest BCUT2D eigenvalue weighted by Crippen LogP contribution is 2.08. The standard InChI is InChI=1S/C18H32O4/c1-2-3-4-5-7-10-13-16(19)17(20)14-11-8-6-9-12-15-18(21)22/h7-8,10-11,16-17,19-20H,2-6,9,12-15H2,1H3,(H,21,22). The largest absolute Gasteiger partial charge is 0.481 e. The molecule has 0 rings (SSSR count). The molecular weight excluding hydrogens is 280 g/mol. The van der Waals surface area contributed by atoms with E-state index < -0.39 is 18.2 Å². The van der Waals surface area contributed by atoms with Gasteiger partial charge in [0.05, 0.1) is 12.2 Å². The van der Waals surface area contributed by atoms with Crippen LogP contribution in [0.25, 0.3) is 0 Å². The number of allylic oxidation sites excluding steroid dienone is 2. The Balaban J connectivity index is 3.63. The zero-order valence-corrected chi connectivity index (χ0v) is 13.8. The second-order valence-electron chi connectivity index (χ2n) is 5.68. The molecule has 4 heteroatoms. The van der Waals surface area contributed by atoms with Gasteiger partial charge in [-0.05, 0) is 44.9 Å². The van der Waals surface area contributed by atoms with E-state index in [1.165, 1.54) is 19.3 Å². The van der Waals surface area contributed by atoms with Gasteiger partial charge in [0, 0.05) is 6.42 Å². The first-order valence-corrected chi connectivity index (χ1v) is 8.45.